The lowest BCUT2D eigenvalue weighted by molar-refractivity contribution is -0.223. The first-order valence-electron chi connectivity index (χ1n) is 16.9. The molecule has 2 nitrogen and oxygen atoms in total. The first kappa shape index (κ1) is 30.6. The van der Waals surface area contributed by atoms with Crippen molar-refractivity contribution >= 4 is 11.5 Å². The minimum atomic E-state index is -0.850. The highest BCUT2D eigenvalue weighted by Gasteiger charge is 2.69. The molecule has 3 unspecified atom stereocenters. The minimum Gasteiger partial charge on any atom is -0.478 e. The molecule has 0 bridgehead atoms. The van der Waals surface area contributed by atoms with Crippen molar-refractivity contribution in [1.82, 2.24) is 0 Å². The highest BCUT2D eigenvalue weighted by Crippen LogP contribution is 2.77. The van der Waals surface area contributed by atoms with Gasteiger partial charge in [-0.05, 0) is 145 Å². The molecule has 4 saturated carbocycles. The molecule has 5 aliphatic carbocycles. The van der Waals surface area contributed by atoms with Gasteiger partial charge in [0.2, 0.25) is 0 Å². The van der Waals surface area contributed by atoms with Crippen LogP contribution in [0.5, 0.6) is 0 Å². The number of carbonyl (C=O) groups is 1. The van der Waals surface area contributed by atoms with E-state index in [0.717, 1.165) is 30.1 Å². The quantitative estimate of drug-likeness (QED) is 0.375. The summed E-state index contributed by atoms with van der Waals surface area (Å²) in [5.41, 5.74) is 6.12. The Labute approximate surface area is 251 Å². The van der Waals surface area contributed by atoms with Gasteiger partial charge in [0.1, 0.15) is 0 Å². The second-order valence-corrected chi connectivity index (χ2v) is 16.3. The van der Waals surface area contributed by atoms with Crippen molar-refractivity contribution < 1.29 is 9.90 Å². The Bertz CT molecular complexity index is 1220. The van der Waals surface area contributed by atoms with E-state index >= 15 is 0 Å². The Morgan fingerprint density at radius 3 is 2.10 bits per heavy atom. The van der Waals surface area contributed by atoms with Crippen LogP contribution in [0.4, 0.5) is 0 Å². The second-order valence-electron chi connectivity index (χ2n) is 16.3. The predicted molar refractivity (Wildman–Crippen MR) is 173 cm³/mol. The normalized spacial score (nSPS) is 44.1. The molecule has 1 aromatic carbocycles. The van der Waals surface area contributed by atoms with Crippen LogP contribution in [-0.4, -0.2) is 11.1 Å². The summed E-state index contributed by atoms with van der Waals surface area (Å²) >= 11 is 0. The van der Waals surface area contributed by atoms with Crippen molar-refractivity contribution in [2.45, 2.75) is 120 Å². The monoisotopic (exact) mass is 558 g/mol. The zero-order chi connectivity index (χ0) is 30.2. The second kappa shape index (κ2) is 10.1. The van der Waals surface area contributed by atoms with Gasteiger partial charge < -0.3 is 5.11 Å². The fourth-order valence-corrected chi connectivity index (χ4v) is 12.4. The summed E-state index contributed by atoms with van der Waals surface area (Å²) in [6.07, 6.45) is 14.7. The lowest BCUT2D eigenvalue weighted by atomic mass is 9.32. The van der Waals surface area contributed by atoms with Gasteiger partial charge in [-0.25, -0.2) is 4.79 Å². The van der Waals surface area contributed by atoms with E-state index in [2.05, 4.69) is 61.1 Å². The van der Waals surface area contributed by atoms with E-state index in [1.54, 1.807) is 12.1 Å². The van der Waals surface area contributed by atoms with Gasteiger partial charge in [-0.3, -0.25) is 0 Å². The molecule has 9 atom stereocenters. The predicted octanol–water partition coefficient (Wildman–Crippen LogP) is 11.1. The van der Waals surface area contributed by atoms with Crippen molar-refractivity contribution in [3.8, 4) is 0 Å². The van der Waals surface area contributed by atoms with Crippen LogP contribution in [0.1, 0.15) is 136 Å². The summed E-state index contributed by atoms with van der Waals surface area (Å²) < 4.78 is 0. The van der Waals surface area contributed by atoms with Crippen molar-refractivity contribution in [3.05, 3.63) is 53.6 Å². The topological polar surface area (TPSA) is 37.3 Å². The largest absolute Gasteiger partial charge is 0.478 e. The number of allylic oxidation sites excluding steroid dienone is 3. The van der Waals surface area contributed by atoms with Crippen LogP contribution >= 0.6 is 0 Å². The van der Waals surface area contributed by atoms with E-state index in [-0.39, 0.29) is 5.41 Å². The third-order valence-corrected chi connectivity index (χ3v) is 14.5. The van der Waals surface area contributed by atoms with Gasteiger partial charge in [0, 0.05) is 0 Å². The molecule has 2 heteroatoms. The number of benzene rings is 1. The SMILES string of the molecule is C=C(C)[C@@H]1CC[C@]2(C)CC[C@]3(C)[C@H](CCC4[C@@]5(C)CC=C(c6ccc(C(=O)O)cc6)C(C)(C)C5CC[C@]43C)C12.CC. The summed E-state index contributed by atoms with van der Waals surface area (Å²) in [5, 5.41) is 9.40. The molecule has 4 fully saturated rings. The third-order valence-electron chi connectivity index (χ3n) is 14.5. The Hall–Kier alpha value is -1.83. The summed E-state index contributed by atoms with van der Waals surface area (Å²) in [4.78, 5) is 11.4. The minimum absolute atomic E-state index is 0.0679. The Balaban J connectivity index is 0.00000165. The number of aromatic carboxylic acids is 1. The number of carboxylic acids is 1. The lowest BCUT2D eigenvalue weighted by Gasteiger charge is -2.72. The van der Waals surface area contributed by atoms with Crippen LogP contribution in [0.2, 0.25) is 0 Å². The number of carboxylic acid groups (broad SMARTS) is 1. The molecule has 226 valence electrons. The van der Waals surface area contributed by atoms with Crippen LogP contribution in [0.25, 0.3) is 5.57 Å². The summed E-state index contributed by atoms with van der Waals surface area (Å²) in [6.45, 7) is 26.5. The summed E-state index contributed by atoms with van der Waals surface area (Å²) in [7, 11) is 0. The average Bonchev–Trinajstić information content (AvgIpc) is 3.28. The fourth-order valence-electron chi connectivity index (χ4n) is 12.4. The van der Waals surface area contributed by atoms with Crippen molar-refractivity contribution in [1.29, 1.82) is 0 Å². The Kier molecular flexibility index (Phi) is 7.56. The smallest absolute Gasteiger partial charge is 0.335 e. The Morgan fingerprint density at radius 1 is 0.829 bits per heavy atom. The lowest BCUT2D eigenvalue weighted by Crippen LogP contribution is -2.65. The molecular weight excluding hydrogens is 500 g/mol. The van der Waals surface area contributed by atoms with E-state index in [4.69, 9.17) is 0 Å². The van der Waals surface area contributed by atoms with Crippen molar-refractivity contribution in [2.24, 2.45) is 56.7 Å². The van der Waals surface area contributed by atoms with Gasteiger partial charge in [0.05, 0.1) is 5.56 Å². The number of hydrogen-bond acceptors (Lipinski definition) is 1. The highest BCUT2D eigenvalue weighted by molar-refractivity contribution is 5.88. The highest BCUT2D eigenvalue weighted by atomic mass is 16.4. The van der Waals surface area contributed by atoms with Crippen LogP contribution in [0, 0.1) is 56.7 Å². The zero-order valence-electron chi connectivity index (χ0n) is 27.7. The van der Waals surface area contributed by atoms with E-state index in [1.807, 2.05) is 26.0 Å². The van der Waals surface area contributed by atoms with Gasteiger partial charge in [-0.2, -0.15) is 0 Å². The fraction of sp³-hybridized carbons (Fsp3) is 0.718. The first-order valence-corrected chi connectivity index (χ1v) is 16.9. The molecule has 6 rings (SSSR count). The molecule has 0 spiro atoms. The molecule has 0 saturated heterocycles. The standard InChI is InChI=1S/C37H52O2.C2H6/c1-23(2)26-15-18-34(5)21-22-36(7)28(31(26)34)13-14-30-35(6)19-16-27(24-9-11-25(12-10-24)32(38)39)33(3,4)29(35)17-20-37(30,36)8;1-2/h9-12,16,26,28-31H,1,13-15,17-22H2,2-8H3,(H,38,39);1-2H3/t26-,28+,29?,30?,31?,34+,35-,36+,37+;/m0./s1. The van der Waals surface area contributed by atoms with E-state index in [9.17, 15) is 9.90 Å². The van der Waals surface area contributed by atoms with Crippen LogP contribution in [0.3, 0.4) is 0 Å². The van der Waals surface area contributed by atoms with Gasteiger partial charge in [0.25, 0.3) is 0 Å². The van der Waals surface area contributed by atoms with Crippen molar-refractivity contribution in [3.63, 3.8) is 0 Å². The molecule has 41 heavy (non-hydrogen) atoms. The molecule has 0 aliphatic heterocycles. The molecule has 0 aromatic heterocycles. The third kappa shape index (κ3) is 4.19. The van der Waals surface area contributed by atoms with E-state index in [1.165, 1.54) is 68.1 Å². The van der Waals surface area contributed by atoms with Crippen LogP contribution in [0.15, 0.2) is 42.5 Å². The van der Waals surface area contributed by atoms with Crippen molar-refractivity contribution in [2.75, 3.05) is 0 Å². The summed E-state index contributed by atoms with van der Waals surface area (Å²) in [6, 6.07) is 7.64. The molecule has 0 radical (unpaired) electrons. The molecule has 0 amide bonds. The van der Waals surface area contributed by atoms with Crippen LogP contribution < -0.4 is 0 Å². The van der Waals surface area contributed by atoms with Gasteiger partial charge in [-0.15, -0.1) is 0 Å². The van der Waals surface area contributed by atoms with Gasteiger partial charge in [0.15, 0.2) is 0 Å². The maximum atomic E-state index is 11.4. The molecule has 0 heterocycles. The molecular formula is C39H58O2. The first-order chi connectivity index (χ1) is 19.2. The van der Waals surface area contributed by atoms with E-state index < -0.39 is 5.97 Å². The zero-order valence-corrected chi connectivity index (χ0v) is 27.7. The van der Waals surface area contributed by atoms with Gasteiger partial charge in [-0.1, -0.05) is 85.8 Å². The maximum absolute atomic E-state index is 11.4. The summed E-state index contributed by atoms with van der Waals surface area (Å²) in [5.74, 6) is 2.92. The molecule has 5 aliphatic rings. The Morgan fingerprint density at radius 2 is 1.49 bits per heavy atom. The molecule has 1 aromatic rings. The maximum Gasteiger partial charge on any atom is 0.335 e. The van der Waals surface area contributed by atoms with E-state index in [0.29, 0.717) is 33.1 Å². The number of fused-ring (bicyclic) bond motifs is 7. The number of rotatable bonds is 3. The average molecular weight is 559 g/mol. The van der Waals surface area contributed by atoms with Gasteiger partial charge >= 0.3 is 5.97 Å². The van der Waals surface area contributed by atoms with Crippen LogP contribution in [-0.2, 0) is 0 Å². The number of hydrogen-bond donors (Lipinski definition) is 1. The molecule has 1 N–H and O–H groups in total.